The number of amides is 1. The number of likely N-dealkylation sites (N-methyl/N-ethyl adjacent to an activating group) is 1. The summed E-state index contributed by atoms with van der Waals surface area (Å²) in [7, 11) is 6.66. The Morgan fingerprint density at radius 1 is 1.11 bits per heavy atom. The average molecular weight is 486 g/mol. The Morgan fingerprint density at radius 3 is 2.34 bits per heavy atom. The highest BCUT2D eigenvalue weighted by Gasteiger charge is 2.36. The molecule has 0 spiro atoms. The largest absolute Gasteiger partial charge is 0.493 e. The molecule has 0 radical (unpaired) electrons. The number of methoxy groups -OCH3 is 3. The van der Waals surface area contributed by atoms with Gasteiger partial charge in [0, 0.05) is 25.2 Å². The number of benzene rings is 1. The quantitative estimate of drug-likeness (QED) is 0.552. The summed E-state index contributed by atoms with van der Waals surface area (Å²) in [4.78, 5) is 23.8. The van der Waals surface area contributed by atoms with Crippen LogP contribution in [0.3, 0.4) is 0 Å². The van der Waals surface area contributed by atoms with Gasteiger partial charge in [-0.25, -0.2) is 4.98 Å². The van der Waals surface area contributed by atoms with Crippen molar-refractivity contribution in [1.82, 2.24) is 9.97 Å². The maximum Gasteiger partial charge on any atom is 0.247 e. The summed E-state index contributed by atoms with van der Waals surface area (Å²) in [6, 6.07) is 3.62. The van der Waals surface area contributed by atoms with Gasteiger partial charge in [0.15, 0.2) is 17.3 Å². The van der Waals surface area contributed by atoms with Crippen molar-refractivity contribution in [1.29, 1.82) is 0 Å². The molecule has 1 unspecified atom stereocenters. The van der Waals surface area contributed by atoms with E-state index in [0.717, 1.165) is 24.4 Å². The van der Waals surface area contributed by atoms with E-state index in [9.17, 15) is 4.79 Å². The van der Waals surface area contributed by atoms with Crippen LogP contribution in [0, 0.1) is 18.8 Å². The van der Waals surface area contributed by atoms with Crippen LogP contribution >= 0.6 is 0 Å². The molecule has 1 aromatic heterocycles. The molecule has 1 aliphatic heterocycles. The first kappa shape index (κ1) is 24.7. The number of hydrogen-bond donors (Lipinski definition) is 2. The standard InChI is InChI=1S/C25H35N5O5/c1-13(2)21-24(31)28-20-14(3)26-25(29-23(20)30(21)4)27-16-8-15(9-16)12-35-17-10-18(32-5)22(34-7)19(11-17)33-6/h10-11,13,15-16,21H,8-9,12H2,1-7H3,(H,28,31)(H,26,27,29). The van der Waals surface area contributed by atoms with Gasteiger partial charge in [0.2, 0.25) is 17.6 Å². The van der Waals surface area contributed by atoms with Gasteiger partial charge in [-0.05, 0) is 31.6 Å². The Labute approximate surface area is 206 Å². The summed E-state index contributed by atoms with van der Waals surface area (Å²) in [5.74, 6) is 4.24. The summed E-state index contributed by atoms with van der Waals surface area (Å²) in [6.07, 6.45) is 1.90. The second-order valence-corrected chi connectivity index (χ2v) is 9.47. The molecule has 10 nitrogen and oxygen atoms in total. The van der Waals surface area contributed by atoms with Crippen molar-refractivity contribution in [3.05, 3.63) is 17.8 Å². The number of anilines is 3. The van der Waals surface area contributed by atoms with E-state index in [1.807, 2.05) is 32.7 Å². The maximum atomic E-state index is 12.5. The molecule has 10 heteroatoms. The highest BCUT2D eigenvalue weighted by Crippen LogP contribution is 2.41. The smallest absolute Gasteiger partial charge is 0.247 e. The first-order valence-electron chi connectivity index (χ1n) is 11.9. The minimum atomic E-state index is -0.259. The fourth-order valence-electron chi connectivity index (χ4n) is 4.81. The molecule has 4 rings (SSSR count). The summed E-state index contributed by atoms with van der Waals surface area (Å²) in [5.41, 5.74) is 1.44. The van der Waals surface area contributed by atoms with Crippen LogP contribution in [-0.2, 0) is 4.79 Å². The zero-order chi connectivity index (χ0) is 25.3. The third-order valence-corrected chi connectivity index (χ3v) is 6.66. The van der Waals surface area contributed by atoms with E-state index >= 15 is 0 Å². The van der Waals surface area contributed by atoms with Crippen molar-refractivity contribution in [3.63, 3.8) is 0 Å². The van der Waals surface area contributed by atoms with Crippen molar-refractivity contribution in [2.45, 2.75) is 45.7 Å². The molecule has 1 aliphatic carbocycles. The molecular formula is C25H35N5O5. The van der Waals surface area contributed by atoms with E-state index in [1.54, 1.807) is 33.5 Å². The molecule has 1 atom stereocenters. The number of rotatable bonds is 9. The van der Waals surface area contributed by atoms with Crippen LogP contribution < -0.4 is 34.5 Å². The van der Waals surface area contributed by atoms with Gasteiger partial charge in [0.25, 0.3) is 0 Å². The fraction of sp³-hybridized carbons (Fsp3) is 0.560. The van der Waals surface area contributed by atoms with Crippen molar-refractivity contribution < 1.29 is 23.7 Å². The number of aryl methyl sites for hydroxylation is 1. The Balaban J connectivity index is 1.36. The minimum Gasteiger partial charge on any atom is -0.493 e. The number of nitrogens with zero attached hydrogens (tertiary/aromatic N) is 3. The second kappa shape index (κ2) is 10.1. The lowest BCUT2D eigenvalue weighted by Gasteiger charge is -2.38. The Morgan fingerprint density at radius 2 is 1.77 bits per heavy atom. The Kier molecular flexibility index (Phi) is 7.09. The highest BCUT2D eigenvalue weighted by atomic mass is 16.5. The molecule has 1 saturated carbocycles. The number of carbonyl (C=O) groups excluding carboxylic acids is 1. The molecule has 2 aromatic rings. The third kappa shape index (κ3) is 4.87. The maximum absolute atomic E-state index is 12.5. The number of aromatic nitrogens is 2. The summed E-state index contributed by atoms with van der Waals surface area (Å²) < 4.78 is 22.2. The van der Waals surface area contributed by atoms with Crippen molar-refractivity contribution in [2.24, 2.45) is 11.8 Å². The summed E-state index contributed by atoms with van der Waals surface area (Å²) in [5, 5.41) is 6.44. The lowest BCUT2D eigenvalue weighted by atomic mass is 9.81. The third-order valence-electron chi connectivity index (χ3n) is 6.66. The molecule has 2 aliphatic rings. The number of ether oxygens (including phenoxy) is 4. The van der Waals surface area contributed by atoms with Gasteiger partial charge in [-0.2, -0.15) is 4.98 Å². The van der Waals surface area contributed by atoms with Crippen molar-refractivity contribution >= 4 is 23.4 Å². The van der Waals surface area contributed by atoms with E-state index in [-0.39, 0.29) is 23.9 Å². The lowest BCUT2D eigenvalue weighted by Crippen LogP contribution is -2.50. The highest BCUT2D eigenvalue weighted by molar-refractivity contribution is 6.03. The number of hydrogen-bond acceptors (Lipinski definition) is 9. The average Bonchev–Trinajstić information content (AvgIpc) is 2.80. The van der Waals surface area contributed by atoms with Crippen molar-refractivity contribution in [2.75, 3.05) is 50.5 Å². The van der Waals surface area contributed by atoms with E-state index in [2.05, 4.69) is 15.6 Å². The molecule has 190 valence electrons. The molecule has 2 heterocycles. The topological polar surface area (TPSA) is 107 Å². The van der Waals surface area contributed by atoms with Gasteiger partial charge in [0.1, 0.15) is 17.5 Å². The Hall–Kier alpha value is -3.43. The fourth-order valence-corrected chi connectivity index (χ4v) is 4.81. The van der Waals surface area contributed by atoms with Crippen LogP contribution in [0.1, 0.15) is 32.4 Å². The van der Waals surface area contributed by atoms with Crippen LogP contribution in [0.5, 0.6) is 23.0 Å². The van der Waals surface area contributed by atoms with Gasteiger partial charge < -0.3 is 34.5 Å². The number of fused-ring (bicyclic) bond motifs is 1. The summed E-state index contributed by atoms with van der Waals surface area (Å²) in [6.45, 7) is 6.55. The minimum absolute atomic E-state index is 0.0173. The molecule has 0 saturated heterocycles. The van der Waals surface area contributed by atoms with Crippen molar-refractivity contribution in [3.8, 4) is 23.0 Å². The Bertz CT molecular complexity index is 1060. The molecular weight excluding hydrogens is 450 g/mol. The van der Waals surface area contributed by atoms with Gasteiger partial charge in [-0.3, -0.25) is 4.79 Å². The first-order chi connectivity index (χ1) is 16.7. The monoisotopic (exact) mass is 485 g/mol. The molecule has 1 fully saturated rings. The number of carbonyl (C=O) groups is 1. The zero-order valence-corrected chi connectivity index (χ0v) is 21.5. The van der Waals surface area contributed by atoms with E-state index in [0.29, 0.717) is 47.2 Å². The lowest BCUT2D eigenvalue weighted by molar-refractivity contribution is -0.118. The van der Waals surface area contributed by atoms with Crippen LogP contribution in [0.2, 0.25) is 0 Å². The molecule has 35 heavy (non-hydrogen) atoms. The zero-order valence-electron chi connectivity index (χ0n) is 21.5. The van der Waals surface area contributed by atoms with Gasteiger partial charge >= 0.3 is 0 Å². The predicted octanol–water partition coefficient (Wildman–Crippen LogP) is 3.49. The van der Waals surface area contributed by atoms with Crippen LogP contribution in [0.25, 0.3) is 0 Å². The first-order valence-corrected chi connectivity index (χ1v) is 11.9. The van der Waals surface area contributed by atoms with Crippen LogP contribution in [0.4, 0.5) is 17.5 Å². The van der Waals surface area contributed by atoms with Crippen LogP contribution in [-0.4, -0.2) is 62.9 Å². The van der Waals surface area contributed by atoms with E-state index in [1.165, 1.54) is 0 Å². The molecule has 1 amide bonds. The molecule has 0 bridgehead atoms. The molecule has 2 N–H and O–H groups in total. The summed E-state index contributed by atoms with van der Waals surface area (Å²) >= 11 is 0. The van der Waals surface area contributed by atoms with Gasteiger partial charge in [-0.15, -0.1) is 0 Å². The SMILES string of the molecule is COc1cc(OCC2CC(Nc3nc(C)c4c(n3)N(C)C(C(C)C)C(=O)N4)C2)cc(OC)c1OC. The normalized spacial score (nSPS) is 21.1. The van der Waals surface area contributed by atoms with E-state index in [4.69, 9.17) is 23.9 Å². The van der Waals surface area contributed by atoms with E-state index < -0.39 is 0 Å². The van der Waals surface area contributed by atoms with Crippen LogP contribution in [0.15, 0.2) is 12.1 Å². The number of nitrogens with one attached hydrogen (secondary N) is 2. The van der Waals surface area contributed by atoms with Gasteiger partial charge in [-0.1, -0.05) is 13.8 Å². The predicted molar refractivity (Wildman–Crippen MR) is 134 cm³/mol. The van der Waals surface area contributed by atoms with Gasteiger partial charge in [0.05, 0.1) is 33.6 Å². The molecule has 1 aromatic carbocycles. The second-order valence-electron chi connectivity index (χ2n) is 9.47.